The molecule has 2 atom stereocenters. The molecule has 3 aliphatic rings. The van der Waals surface area contributed by atoms with Crippen LogP contribution < -0.4 is 4.90 Å². The first-order valence-corrected chi connectivity index (χ1v) is 15.4. The molecule has 3 amide bonds. The Morgan fingerprint density at radius 3 is 2.40 bits per heavy atom. The molecular weight excluding hydrogens is 587 g/mol. The molecule has 1 aromatic carbocycles. The van der Waals surface area contributed by atoms with Crippen molar-refractivity contribution in [1.82, 2.24) is 19.7 Å². The minimum atomic E-state index is -3.42. The maximum Gasteiger partial charge on any atom is 0.410 e. The third-order valence-electron chi connectivity index (χ3n) is 8.68. The summed E-state index contributed by atoms with van der Waals surface area (Å²) in [6.07, 6.45) is 1.22. The molecule has 4 heterocycles. The van der Waals surface area contributed by atoms with E-state index in [0.717, 1.165) is 21.7 Å². The summed E-state index contributed by atoms with van der Waals surface area (Å²) in [4.78, 5) is 50.6. The Labute approximate surface area is 262 Å². The highest BCUT2D eigenvalue weighted by atomic mass is 19.3. The van der Waals surface area contributed by atoms with Gasteiger partial charge in [0, 0.05) is 62.8 Å². The third kappa shape index (κ3) is 7.10. The highest BCUT2D eigenvalue weighted by Crippen LogP contribution is 2.40. The van der Waals surface area contributed by atoms with E-state index in [4.69, 9.17) is 9.72 Å². The number of hydrogen-bond donors (Lipinski definition) is 0. The molecule has 0 saturated carbocycles. The van der Waals surface area contributed by atoms with Crippen molar-refractivity contribution >= 4 is 23.6 Å². The number of aromatic nitrogens is 1. The van der Waals surface area contributed by atoms with Crippen LogP contribution in [0.1, 0.15) is 64.8 Å². The van der Waals surface area contributed by atoms with Crippen LogP contribution in [0.2, 0.25) is 0 Å². The largest absolute Gasteiger partial charge is 0.444 e. The molecular formula is C33H42F3N5O4. The number of alkyl halides is 2. The Bertz CT molecular complexity index is 1460. The molecule has 3 aliphatic heterocycles. The smallest absolute Gasteiger partial charge is 0.410 e. The number of carbonyl (C=O) groups excluding carboxylic acids is 3. The number of benzene rings is 1. The Kier molecular flexibility index (Phi) is 8.67. The second kappa shape index (κ2) is 11.9. The zero-order valence-electron chi connectivity index (χ0n) is 26.8. The quantitative estimate of drug-likeness (QED) is 0.464. The van der Waals surface area contributed by atoms with E-state index in [-0.39, 0.29) is 43.9 Å². The second-order valence-electron chi connectivity index (χ2n) is 14.1. The number of nitrogens with zero attached hydrogens (tertiary/aromatic N) is 5. The molecule has 0 bridgehead atoms. The van der Waals surface area contributed by atoms with Crippen LogP contribution >= 0.6 is 0 Å². The molecule has 2 aromatic rings. The molecule has 5 rings (SSSR count). The Hall–Kier alpha value is -3.67. The molecule has 0 aliphatic carbocycles. The number of hydrogen-bond acceptors (Lipinski definition) is 6. The van der Waals surface area contributed by atoms with Gasteiger partial charge in [-0.1, -0.05) is 26.0 Å². The maximum absolute atomic E-state index is 14.1. The number of pyridine rings is 1. The maximum atomic E-state index is 14.1. The molecule has 9 nitrogen and oxygen atoms in total. The lowest BCUT2D eigenvalue weighted by atomic mass is 9.91. The lowest BCUT2D eigenvalue weighted by Gasteiger charge is -2.46. The predicted molar refractivity (Wildman–Crippen MR) is 163 cm³/mol. The summed E-state index contributed by atoms with van der Waals surface area (Å²) in [5.74, 6) is -5.15. The van der Waals surface area contributed by atoms with Gasteiger partial charge in [0.25, 0.3) is 5.91 Å². The monoisotopic (exact) mass is 629 g/mol. The first kappa shape index (κ1) is 32.7. The van der Waals surface area contributed by atoms with Gasteiger partial charge in [0.1, 0.15) is 11.4 Å². The van der Waals surface area contributed by atoms with E-state index in [9.17, 15) is 27.6 Å². The summed E-state index contributed by atoms with van der Waals surface area (Å²) in [5, 5.41) is 0. The van der Waals surface area contributed by atoms with E-state index in [2.05, 4.69) is 0 Å². The minimum absolute atomic E-state index is 0.0344. The first-order chi connectivity index (χ1) is 20.9. The van der Waals surface area contributed by atoms with Crippen LogP contribution in [0.15, 0.2) is 36.5 Å². The van der Waals surface area contributed by atoms with E-state index in [1.165, 1.54) is 12.1 Å². The molecule has 2 fully saturated rings. The fourth-order valence-electron chi connectivity index (χ4n) is 6.39. The Balaban J connectivity index is 1.37. The van der Waals surface area contributed by atoms with Crippen molar-refractivity contribution in [2.24, 2.45) is 0 Å². The van der Waals surface area contributed by atoms with Gasteiger partial charge in [0.15, 0.2) is 0 Å². The number of amides is 3. The molecule has 0 unspecified atom stereocenters. The number of likely N-dealkylation sites (tertiary alicyclic amines) is 1. The summed E-state index contributed by atoms with van der Waals surface area (Å²) in [7, 11) is 0. The molecule has 2 saturated heterocycles. The fourth-order valence-corrected chi connectivity index (χ4v) is 6.39. The van der Waals surface area contributed by atoms with E-state index in [1.54, 1.807) is 48.9 Å². The van der Waals surface area contributed by atoms with Gasteiger partial charge < -0.3 is 19.4 Å². The van der Waals surface area contributed by atoms with Gasteiger partial charge >= 0.3 is 12.0 Å². The molecule has 45 heavy (non-hydrogen) atoms. The summed E-state index contributed by atoms with van der Waals surface area (Å²) in [6, 6.07) is 7.31. The van der Waals surface area contributed by atoms with Crippen LogP contribution in [0.3, 0.4) is 0 Å². The molecule has 0 N–H and O–H groups in total. The third-order valence-corrected chi connectivity index (χ3v) is 8.68. The Morgan fingerprint density at radius 1 is 1.09 bits per heavy atom. The average Bonchev–Trinajstić information content (AvgIpc) is 3.36. The number of halogens is 3. The van der Waals surface area contributed by atoms with E-state index >= 15 is 0 Å². The zero-order valence-corrected chi connectivity index (χ0v) is 26.8. The standard InChI is InChI=1S/C33H42F3N5O4/c1-21-16-39(25(17-38-12-11-33(35,36)29(38)43)18-40(21)30(44)45-31(2,3)4)19-27(42)41-20-32(5,6)28-26(41)14-23(15-37-28)13-22-7-9-24(34)10-8-22/h7-10,14-15,21,25H,11-13,16-20H2,1-6H3/t21-,25+/m1/s1. The van der Waals surface area contributed by atoms with Crippen LogP contribution in [0.5, 0.6) is 0 Å². The van der Waals surface area contributed by atoms with Crippen molar-refractivity contribution in [1.29, 1.82) is 0 Å². The fraction of sp³-hybridized carbons (Fsp3) is 0.576. The number of carbonyl (C=O) groups is 3. The van der Waals surface area contributed by atoms with Gasteiger partial charge in [-0.3, -0.25) is 19.5 Å². The Morgan fingerprint density at radius 2 is 1.78 bits per heavy atom. The molecule has 0 radical (unpaired) electrons. The number of rotatable bonds is 6. The van der Waals surface area contributed by atoms with Gasteiger partial charge in [-0.25, -0.2) is 9.18 Å². The van der Waals surface area contributed by atoms with Crippen LogP contribution in [0.25, 0.3) is 0 Å². The van der Waals surface area contributed by atoms with Gasteiger partial charge in [-0.05, 0) is 63.4 Å². The van der Waals surface area contributed by atoms with E-state index in [0.29, 0.717) is 25.2 Å². The van der Waals surface area contributed by atoms with Crippen molar-refractivity contribution < 1.29 is 32.3 Å². The zero-order chi connectivity index (χ0) is 32.9. The predicted octanol–water partition coefficient (Wildman–Crippen LogP) is 4.61. The lowest BCUT2D eigenvalue weighted by molar-refractivity contribution is -0.148. The first-order valence-electron chi connectivity index (χ1n) is 15.4. The van der Waals surface area contributed by atoms with Gasteiger partial charge in [0.2, 0.25) is 5.91 Å². The summed E-state index contributed by atoms with van der Waals surface area (Å²) < 4.78 is 47.3. The number of fused-ring (bicyclic) bond motifs is 1. The van der Waals surface area contributed by atoms with E-state index in [1.807, 2.05) is 31.7 Å². The molecule has 12 heteroatoms. The highest BCUT2D eigenvalue weighted by molar-refractivity contribution is 5.97. The van der Waals surface area contributed by atoms with Crippen molar-refractivity contribution in [3.05, 3.63) is 59.2 Å². The summed E-state index contributed by atoms with van der Waals surface area (Å²) >= 11 is 0. The van der Waals surface area contributed by atoms with Gasteiger partial charge in [-0.15, -0.1) is 0 Å². The van der Waals surface area contributed by atoms with Crippen LogP contribution in [0.4, 0.5) is 23.7 Å². The van der Waals surface area contributed by atoms with Crippen molar-refractivity contribution in [3.8, 4) is 0 Å². The van der Waals surface area contributed by atoms with Crippen LogP contribution in [0, 0.1) is 5.82 Å². The summed E-state index contributed by atoms with van der Waals surface area (Å²) in [6.45, 7) is 11.8. The van der Waals surface area contributed by atoms with Gasteiger partial charge in [0.05, 0.1) is 17.9 Å². The number of piperazine rings is 1. The normalized spacial score (nSPS) is 23.0. The van der Waals surface area contributed by atoms with Crippen molar-refractivity contribution in [3.63, 3.8) is 0 Å². The van der Waals surface area contributed by atoms with Gasteiger partial charge in [-0.2, -0.15) is 8.78 Å². The minimum Gasteiger partial charge on any atom is -0.444 e. The topological polar surface area (TPSA) is 86.3 Å². The second-order valence-corrected chi connectivity index (χ2v) is 14.1. The number of anilines is 1. The SMILES string of the molecule is C[C@@H]1CN(CC(=O)N2CC(C)(C)c3ncc(Cc4ccc(F)cc4)cc32)[C@@H](CN2CCC(F)(F)C2=O)CN1C(=O)OC(C)(C)C. The summed E-state index contributed by atoms with van der Waals surface area (Å²) in [5.41, 5.74) is 2.15. The lowest BCUT2D eigenvalue weighted by Crippen LogP contribution is -2.63. The highest BCUT2D eigenvalue weighted by Gasteiger charge is 2.50. The molecule has 244 valence electrons. The number of ether oxygens (including phenoxy) is 1. The van der Waals surface area contributed by atoms with Crippen molar-refractivity contribution in [2.75, 3.05) is 44.2 Å². The van der Waals surface area contributed by atoms with E-state index < -0.39 is 41.4 Å². The van der Waals surface area contributed by atoms with Crippen molar-refractivity contribution in [2.45, 2.75) is 83.4 Å². The molecule has 0 spiro atoms. The van der Waals surface area contributed by atoms with Crippen LogP contribution in [-0.2, 0) is 26.2 Å². The van der Waals surface area contributed by atoms with Crippen LogP contribution in [-0.4, -0.2) is 100 Å². The average molecular weight is 630 g/mol. The molecule has 1 aromatic heterocycles.